The first kappa shape index (κ1) is 19.2. The third-order valence-corrected chi connectivity index (χ3v) is 4.50. The van der Waals surface area contributed by atoms with E-state index in [2.05, 4.69) is 27.7 Å². The second-order valence-corrected chi connectivity index (χ2v) is 6.19. The van der Waals surface area contributed by atoms with Crippen molar-refractivity contribution in [2.45, 2.75) is 92.3 Å². The Morgan fingerprint density at radius 3 is 0.909 bits per heavy atom. The third kappa shape index (κ3) is 4.11. The quantitative estimate of drug-likeness (QED) is 0.669. The molecule has 1 aromatic rings. The maximum Gasteiger partial charge on any atom is 0.0687 e. The highest BCUT2D eigenvalue weighted by atomic mass is 16.3. The predicted octanol–water partition coefficient (Wildman–Crippen LogP) is 4.48. The summed E-state index contributed by atoms with van der Waals surface area (Å²) in [5.41, 5.74) is 7.59. The van der Waals surface area contributed by atoms with Gasteiger partial charge in [0.1, 0.15) is 0 Å². The largest absolute Gasteiger partial charge is 0.392 e. The van der Waals surface area contributed by atoms with Gasteiger partial charge in [0.25, 0.3) is 0 Å². The molecule has 0 spiro atoms. The molecule has 0 unspecified atom stereocenters. The fraction of sp³-hybridized carbons (Fsp3) is 0.700. The monoisotopic (exact) mass is 306 g/mol. The van der Waals surface area contributed by atoms with Crippen molar-refractivity contribution in [2.24, 2.45) is 0 Å². The van der Waals surface area contributed by atoms with E-state index in [1.807, 2.05) is 0 Å². The first-order valence-corrected chi connectivity index (χ1v) is 9.08. The Balaban J connectivity index is 3.69. The molecule has 2 N–H and O–H groups in total. The number of hydrogen-bond donors (Lipinski definition) is 2. The van der Waals surface area contributed by atoms with Gasteiger partial charge < -0.3 is 10.2 Å². The van der Waals surface area contributed by atoms with E-state index in [1.165, 1.54) is 22.3 Å². The summed E-state index contributed by atoms with van der Waals surface area (Å²) in [7, 11) is 0. The van der Waals surface area contributed by atoms with Crippen LogP contribution in [0.15, 0.2) is 0 Å². The number of hydrogen-bond acceptors (Lipinski definition) is 2. The van der Waals surface area contributed by atoms with E-state index in [4.69, 9.17) is 0 Å². The van der Waals surface area contributed by atoms with E-state index in [0.717, 1.165) is 62.5 Å². The minimum atomic E-state index is 0.0980. The van der Waals surface area contributed by atoms with Crippen LogP contribution in [0.1, 0.15) is 86.8 Å². The first-order chi connectivity index (χ1) is 10.7. The van der Waals surface area contributed by atoms with Crippen molar-refractivity contribution >= 4 is 0 Å². The Bertz CT molecular complexity index is 428. The van der Waals surface area contributed by atoms with Gasteiger partial charge >= 0.3 is 0 Å². The third-order valence-electron chi connectivity index (χ3n) is 4.50. The van der Waals surface area contributed by atoms with Gasteiger partial charge in [0, 0.05) is 0 Å². The Kier molecular flexibility index (Phi) is 8.74. The maximum absolute atomic E-state index is 10.0. The predicted molar refractivity (Wildman–Crippen MR) is 94.3 cm³/mol. The van der Waals surface area contributed by atoms with Gasteiger partial charge in [0.2, 0.25) is 0 Å². The molecule has 0 amide bonds. The van der Waals surface area contributed by atoms with Crippen LogP contribution in [0.5, 0.6) is 0 Å². The Morgan fingerprint density at radius 1 is 0.455 bits per heavy atom. The van der Waals surface area contributed by atoms with Crippen LogP contribution in [-0.2, 0) is 38.9 Å². The topological polar surface area (TPSA) is 40.5 Å². The molecular weight excluding hydrogens is 272 g/mol. The van der Waals surface area contributed by atoms with E-state index in [9.17, 15) is 10.2 Å². The van der Waals surface area contributed by atoms with Crippen molar-refractivity contribution in [1.82, 2.24) is 0 Å². The zero-order chi connectivity index (χ0) is 16.5. The zero-order valence-electron chi connectivity index (χ0n) is 15.0. The Labute approximate surface area is 136 Å². The van der Waals surface area contributed by atoms with Crippen LogP contribution in [0.4, 0.5) is 0 Å². The van der Waals surface area contributed by atoms with Gasteiger partial charge in [0.15, 0.2) is 0 Å². The lowest BCUT2D eigenvalue weighted by Gasteiger charge is -2.25. The molecule has 0 aliphatic heterocycles. The molecule has 1 aromatic carbocycles. The first-order valence-electron chi connectivity index (χ1n) is 9.08. The van der Waals surface area contributed by atoms with Crippen LogP contribution < -0.4 is 0 Å². The molecule has 0 saturated carbocycles. The summed E-state index contributed by atoms with van der Waals surface area (Å²) in [6.07, 6.45) is 8.41. The highest BCUT2D eigenvalue weighted by molar-refractivity contribution is 5.52. The molecule has 0 aromatic heterocycles. The van der Waals surface area contributed by atoms with Crippen molar-refractivity contribution < 1.29 is 10.2 Å². The van der Waals surface area contributed by atoms with Gasteiger partial charge in [-0.3, -0.25) is 0 Å². The highest BCUT2D eigenvalue weighted by Crippen LogP contribution is 2.33. The molecule has 0 radical (unpaired) electrons. The second-order valence-electron chi connectivity index (χ2n) is 6.19. The number of rotatable bonds is 10. The molecule has 0 fully saturated rings. The highest BCUT2D eigenvalue weighted by Gasteiger charge is 2.21. The van der Waals surface area contributed by atoms with E-state index >= 15 is 0 Å². The minimum absolute atomic E-state index is 0.0980. The van der Waals surface area contributed by atoms with E-state index < -0.39 is 0 Å². The fourth-order valence-electron chi connectivity index (χ4n) is 3.68. The number of aliphatic hydroxyl groups excluding tert-OH is 2. The van der Waals surface area contributed by atoms with Crippen LogP contribution >= 0.6 is 0 Å². The molecule has 1 rings (SSSR count). The lowest BCUT2D eigenvalue weighted by molar-refractivity contribution is 0.270. The molecule has 0 atom stereocenters. The lowest BCUT2D eigenvalue weighted by Crippen LogP contribution is -2.14. The summed E-state index contributed by atoms with van der Waals surface area (Å²) >= 11 is 0. The number of aliphatic hydroxyl groups is 2. The van der Waals surface area contributed by atoms with Gasteiger partial charge in [-0.15, -0.1) is 0 Å². The standard InChI is InChI=1S/C20H34O2/c1-5-9-15-16(10-6-2)19(13-21)18(12-8-4)20(14-22)17(15)11-7-3/h21-22H,5-14H2,1-4H3. The summed E-state index contributed by atoms with van der Waals surface area (Å²) < 4.78 is 0. The molecule has 2 nitrogen and oxygen atoms in total. The van der Waals surface area contributed by atoms with Crippen LogP contribution in [0.25, 0.3) is 0 Å². The molecule has 0 bridgehead atoms. The molecule has 0 saturated heterocycles. The summed E-state index contributed by atoms with van der Waals surface area (Å²) in [6.45, 7) is 8.98. The van der Waals surface area contributed by atoms with Crippen molar-refractivity contribution in [3.05, 3.63) is 33.4 Å². The Morgan fingerprint density at radius 2 is 0.682 bits per heavy atom. The van der Waals surface area contributed by atoms with Gasteiger partial charge in [0.05, 0.1) is 13.2 Å². The molecular formula is C20H34O2. The van der Waals surface area contributed by atoms with Gasteiger partial charge in [-0.1, -0.05) is 53.4 Å². The smallest absolute Gasteiger partial charge is 0.0687 e. The number of benzene rings is 1. The maximum atomic E-state index is 10.0. The molecule has 126 valence electrons. The van der Waals surface area contributed by atoms with Crippen LogP contribution in [0, 0.1) is 0 Å². The molecule has 22 heavy (non-hydrogen) atoms. The second kappa shape index (κ2) is 10.0. The van der Waals surface area contributed by atoms with Gasteiger partial charge in [-0.05, 0) is 59.1 Å². The molecule has 0 heterocycles. The summed E-state index contributed by atoms with van der Waals surface area (Å²) in [4.78, 5) is 0. The summed E-state index contributed by atoms with van der Waals surface area (Å²) in [5.74, 6) is 0. The van der Waals surface area contributed by atoms with Gasteiger partial charge in [-0.2, -0.15) is 0 Å². The van der Waals surface area contributed by atoms with E-state index in [1.54, 1.807) is 0 Å². The van der Waals surface area contributed by atoms with Gasteiger partial charge in [-0.25, -0.2) is 0 Å². The van der Waals surface area contributed by atoms with Crippen molar-refractivity contribution in [2.75, 3.05) is 0 Å². The minimum Gasteiger partial charge on any atom is -0.392 e. The van der Waals surface area contributed by atoms with Crippen LogP contribution in [0.3, 0.4) is 0 Å². The SMILES string of the molecule is CCCc1c(CO)c(CCC)c(CCC)c(CCC)c1CO. The lowest BCUT2D eigenvalue weighted by atomic mass is 9.81. The summed E-state index contributed by atoms with van der Waals surface area (Å²) in [6, 6.07) is 0. The van der Waals surface area contributed by atoms with Crippen molar-refractivity contribution in [3.8, 4) is 0 Å². The molecule has 2 heteroatoms. The van der Waals surface area contributed by atoms with Crippen molar-refractivity contribution in [1.29, 1.82) is 0 Å². The van der Waals surface area contributed by atoms with Crippen LogP contribution in [-0.4, -0.2) is 10.2 Å². The summed E-state index contributed by atoms with van der Waals surface area (Å²) in [5, 5.41) is 20.0. The molecule has 0 aliphatic carbocycles. The molecule has 0 aliphatic rings. The average Bonchev–Trinajstić information content (AvgIpc) is 2.52. The average molecular weight is 306 g/mol. The zero-order valence-corrected chi connectivity index (χ0v) is 15.0. The van der Waals surface area contributed by atoms with Crippen molar-refractivity contribution in [3.63, 3.8) is 0 Å². The van der Waals surface area contributed by atoms with Crippen LogP contribution in [0.2, 0.25) is 0 Å². The van der Waals surface area contributed by atoms with E-state index in [0.29, 0.717) is 0 Å². The fourth-order valence-corrected chi connectivity index (χ4v) is 3.68. The van der Waals surface area contributed by atoms with E-state index in [-0.39, 0.29) is 13.2 Å². The Hall–Kier alpha value is -0.860. The normalized spacial score (nSPS) is 11.2.